The fourth-order valence-corrected chi connectivity index (χ4v) is 2.28. The van der Waals surface area contributed by atoms with Crippen LogP contribution in [0.25, 0.3) is 0 Å². The lowest BCUT2D eigenvalue weighted by atomic mass is 10.1. The summed E-state index contributed by atoms with van der Waals surface area (Å²) in [7, 11) is 0. The van der Waals surface area contributed by atoms with E-state index in [0.29, 0.717) is 23.9 Å². The molecule has 2 aromatic carbocycles. The van der Waals surface area contributed by atoms with Gasteiger partial charge in [-0.2, -0.15) is 5.10 Å². The van der Waals surface area contributed by atoms with Crippen LogP contribution in [0.1, 0.15) is 38.3 Å². The second-order valence-electron chi connectivity index (χ2n) is 7.01. The minimum Gasteiger partial charge on any atom is -0.494 e. The van der Waals surface area contributed by atoms with Gasteiger partial charge in [-0.1, -0.05) is 31.5 Å². The van der Waals surface area contributed by atoms with E-state index in [1.165, 1.54) is 0 Å². The van der Waals surface area contributed by atoms with Gasteiger partial charge in [-0.15, -0.1) is 0 Å². The van der Waals surface area contributed by atoms with Gasteiger partial charge in [-0.3, -0.25) is 9.59 Å². The first-order chi connectivity index (χ1) is 13.3. The Morgan fingerprint density at radius 2 is 1.64 bits per heavy atom. The lowest BCUT2D eigenvalue weighted by Crippen LogP contribution is -2.32. The highest BCUT2D eigenvalue weighted by atomic mass is 16.5. The van der Waals surface area contributed by atoms with Crippen molar-refractivity contribution in [2.75, 3.05) is 11.9 Å². The van der Waals surface area contributed by atoms with Gasteiger partial charge in [0, 0.05) is 5.69 Å². The maximum Gasteiger partial charge on any atom is 0.329 e. The van der Waals surface area contributed by atoms with E-state index >= 15 is 0 Å². The average molecular weight is 381 g/mol. The second kappa shape index (κ2) is 10.3. The van der Waals surface area contributed by atoms with Gasteiger partial charge in [0.25, 0.3) is 0 Å². The highest BCUT2D eigenvalue weighted by molar-refractivity contribution is 6.39. The topological polar surface area (TPSA) is 79.8 Å². The smallest absolute Gasteiger partial charge is 0.329 e. The molecule has 0 aliphatic carbocycles. The number of hydrogen-bond donors (Lipinski definition) is 2. The fraction of sp³-hybridized carbons (Fsp3) is 0.318. The van der Waals surface area contributed by atoms with E-state index in [9.17, 15) is 9.59 Å². The van der Waals surface area contributed by atoms with Crippen LogP contribution in [0.3, 0.4) is 0 Å². The Bertz CT molecular complexity index is 825. The third-order valence-electron chi connectivity index (χ3n) is 4.08. The third kappa shape index (κ3) is 6.87. The fourth-order valence-electron chi connectivity index (χ4n) is 2.28. The summed E-state index contributed by atoms with van der Waals surface area (Å²) in [6.07, 6.45) is 0.999. The molecule has 0 aromatic heterocycles. The predicted molar refractivity (Wildman–Crippen MR) is 112 cm³/mol. The van der Waals surface area contributed by atoms with Gasteiger partial charge < -0.3 is 10.1 Å². The van der Waals surface area contributed by atoms with Crippen molar-refractivity contribution in [2.24, 2.45) is 11.0 Å². The Labute approximate surface area is 166 Å². The van der Waals surface area contributed by atoms with Crippen LogP contribution in [-0.2, 0) is 9.59 Å². The molecule has 0 bridgehead atoms. The van der Waals surface area contributed by atoms with Gasteiger partial charge in [-0.05, 0) is 68.1 Å². The number of ether oxygens (including phenoxy) is 1. The molecule has 2 N–H and O–H groups in total. The van der Waals surface area contributed by atoms with Gasteiger partial charge in [-0.25, -0.2) is 5.43 Å². The summed E-state index contributed by atoms with van der Waals surface area (Å²) in [5.41, 5.74) is 5.32. The van der Waals surface area contributed by atoms with Crippen LogP contribution in [-0.4, -0.2) is 24.1 Å². The molecule has 0 unspecified atom stereocenters. The van der Waals surface area contributed by atoms with E-state index in [-0.39, 0.29) is 0 Å². The zero-order valence-electron chi connectivity index (χ0n) is 16.8. The first kappa shape index (κ1) is 21.2. The molecule has 2 aromatic rings. The standard InChI is InChI=1S/C22H27N3O3/c1-15(2)13-14-28-20-11-7-18(8-12-20)17(4)24-25-22(27)21(26)23-19-9-5-16(3)6-10-19/h5-12,15H,13-14H2,1-4H3,(H,23,26)(H,25,27)/b24-17-. The molecule has 0 radical (unpaired) electrons. The second-order valence-corrected chi connectivity index (χ2v) is 7.01. The molecule has 148 valence electrons. The van der Waals surface area contributed by atoms with Crippen LogP contribution in [0.15, 0.2) is 53.6 Å². The summed E-state index contributed by atoms with van der Waals surface area (Å²) in [5, 5.41) is 6.53. The van der Waals surface area contributed by atoms with Gasteiger partial charge in [0.05, 0.1) is 12.3 Å². The van der Waals surface area contributed by atoms with Crippen molar-refractivity contribution in [3.8, 4) is 5.75 Å². The third-order valence-corrected chi connectivity index (χ3v) is 4.08. The number of nitrogens with one attached hydrogen (secondary N) is 2. The van der Waals surface area contributed by atoms with Crippen LogP contribution < -0.4 is 15.5 Å². The van der Waals surface area contributed by atoms with Crippen molar-refractivity contribution >= 4 is 23.2 Å². The molecule has 0 heterocycles. The summed E-state index contributed by atoms with van der Waals surface area (Å²) >= 11 is 0. The lowest BCUT2D eigenvalue weighted by Gasteiger charge is -2.09. The maximum atomic E-state index is 11.9. The van der Waals surface area contributed by atoms with E-state index in [0.717, 1.165) is 23.3 Å². The van der Waals surface area contributed by atoms with Crippen LogP contribution in [0.5, 0.6) is 5.75 Å². The quantitative estimate of drug-likeness (QED) is 0.434. The molecule has 0 saturated heterocycles. The molecule has 6 nitrogen and oxygen atoms in total. The average Bonchev–Trinajstić information content (AvgIpc) is 2.67. The van der Waals surface area contributed by atoms with E-state index in [1.807, 2.05) is 43.3 Å². The van der Waals surface area contributed by atoms with Crippen molar-refractivity contribution in [3.05, 3.63) is 59.7 Å². The van der Waals surface area contributed by atoms with Crippen molar-refractivity contribution in [2.45, 2.75) is 34.1 Å². The van der Waals surface area contributed by atoms with E-state index in [2.05, 4.69) is 29.7 Å². The highest BCUT2D eigenvalue weighted by Gasteiger charge is 2.13. The molecular formula is C22H27N3O3. The molecule has 2 rings (SSSR count). The summed E-state index contributed by atoms with van der Waals surface area (Å²) < 4.78 is 5.68. The number of aryl methyl sites for hydroxylation is 1. The Morgan fingerprint density at radius 3 is 2.25 bits per heavy atom. The molecule has 0 aliphatic rings. The van der Waals surface area contributed by atoms with Gasteiger partial charge in [0.15, 0.2) is 0 Å². The number of carbonyl (C=O) groups excluding carboxylic acids is 2. The first-order valence-electron chi connectivity index (χ1n) is 9.30. The Morgan fingerprint density at radius 1 is 1.00 bits per heavy atom. The SMILES string of the molecule is C/C(=N/NC(=O)C(=O)Nc1ccc(C)cc1)c1ccc(OCCC(C)C)cc1. The number of benzene rings is 2. The number of hydrogen-bond acceptors (Lipinski definition) is 4. The van der Waals surface area contributed by atoms with Crippen molar-refractivity contribution in [3.63, 3.8) is 0 Å². The summed E-state index contributed by atoms with van der Waals surface area (Å²) in [6.45, 7) is 8.69. The van der Waals surface area contributed by atoms with E-state index < -0.39 is 11.8 Å². The predicted octanol–water partition coefficient (Wildman–Crippen LogP) is 3.90. The number of anilines is 1. The molecule has 0 saturated carbocycles. The van der Waals surface area contributed by atoms with Crippen LogP contribution in [0, 0.1) is 12.8 Å². The Balaban J connectivity index is 1.87. The molecule has 0 spiro atoms. The van der Waals surface area contributed by atoms with Crippen LogP contribution >= 0.6 is 0 Å². The number of hydrazone groups is 1. The van der Waals surface area contributed by atoms with E-state index in [1.54, 1.807) is 19.1 Å². The molecule has 0 fully saturated rings. The Kier molecular flexibility index (Phi) is 7.75. The summed E-state index contributed by atoms with van der Waals surface area (Å²) in [6, 6.07) is 14.6. The summed E-state index contributed by atoms with van der Waals surface area (Å²) in [4.78, 5) is 23.9. The Hall–Kier alpha value is -3.15. The number of nitrogens with zero attached hydrogens (tertiary/aromatic N) is 1. The molecule has 2 amide bonds. The number of amides is 2. The first-order valence-corrected chi connectivity index (χ1v) is 9.30. The monoisotopic (exact) mass is 381 g/mol. The van der Waals surface area contributed by atoms with Gasteiger partial charge in [0.1, 0.15) is 5.75 Å². The number of rotatable bonds is 7. The zero-order chi connectivity index (χ0) is 20.5. The molecule has 0 aliphatic heterocycles. The normalized spacial score (nSPS) is 11.2. The van der Waals surface area contributed by atoms with Crippen LogP contribution in [0.2, 0.25) is 0 Å². The molecule has 6 heteroatoms. The maximum absolute atomic E-state index is 11.9. The van der Waals surface area contributed by atoms with Gasteiger partial charge in [0.2, 0.25) is 0 Å². The molecule has 28 heavy (non-hydrogen) atoms. The minimum atomic E-state index is -0.825. The van der Waals surface area contributed by atoms with Crippen LogP contribution in [0.4, 0.5) is 5.69 Å². The summed E-state index contributed by atoms with van der Waals surface area (Å²) in [5.74, 6) is -0.206. The highest BCUT2D eigenvalue weighted by Crippen LogP contribution is 2.14. The molecule has 0 atom stereocenters. The van der Waals surface area contributed by atoms with Gasteiger partial charge >= 0.3 is 11.8 Å². The largest absolute Gasteiger partial charge is 0.494 e. The lowest BCUT2D eigenvalue weighted by molar-refractivity contribution is -0.136. The molecular weight excluding hydrogens is 354 g/mol. The zero-order valence-corrected chi connectivity index (χ0v) is 16.8. The van der Waals surface area contributed by atoms with Crippen molar-refractivity contribution in [1.82, 2.24) is 5.43 Å². The minimum absolute atomic E-state index is 0.555. The van der Waals surface area contributed by atoms with Crippen molar-refractivity contribution < 1.29 is 14.3 Å². The van der Waals surface area contributed by atoms with E-state index in [4.69, 9.17) is 4.74 Å². The number of carbonyl (C=O) groups is 2. The van der Waals surface area contributed by atoms with Crippen molar-refractivity contribution in [1.29, 1.82) is 0 Å².